The molecule has 25 atom stereocenters. The fraction of sp³-hybridized carbons (Fsp3) is 1.00. The Morgan fingerprint density at radius 3 is 0.948 bits per heavy atom. The monoisotopic (exact) mass is 853 g/mol. The van der Waals surface area contributed by atoms with E-state index in [1.165, 1.54) is 0 Å². The Morgan fingerprint density at radius 1 is 0.362 bits per heavy atom. The van der Waals surface area contributed by atoms with Crippen molar-refractivity contribution < 1.29 is 124 Å². The molecule has 28 nitrogen and oxygen atoms in total. The molecule has 5 heterocycles. The van der Waals surface area contributed by atoms with E-state index in [4.69, 9.17) is 48.2 Å². The van der Waals surface area contributed by atoms with Crippen LogP contribution in [0.15, 0.2) is 5.11 Å². The van der Waals surface area contributed by atoms with Gasteiger partial charge in [-0.15, -0.1) is 0 Å². The van der Waals surface area contributed by atoms with Crippen molar-refractivity contribution in [1.29, 1.82) is 0 Å². The highest BCUT2D eigenvalue weighted by atomic mass is 16.8. The Bertz CT molecular complexity index is 1330. The summed E-state index contributed by atoms with van der Waals surface area (Å²) in [7, 11) is 0. The second kappa shape index (κ2) is 20.5. The van der Waals surface area contributed by atoms with E-state index in [-0.39, 0.29) is 0 Å². The molecule has 5 aliphatic rings. The maximum Gasteiger partial charge on any atom is 0.187 e. The van der Waals surface area contributed by atoms with E-state index < -0.39 is 187 Å². The minimum absolute atomic E-state index is 0.814. The van der Waals surface area contributed by atoms with Gasteiger partial charge in [-0.2, -0.15) is 0 Å². The molecule has 0 spiro atoms. The molecule has 16 N–H and O–H groups in total. The van der Waals surface area contributed by atoms with Gasteiger partial charge in [-0.25, -0.2) is 0 Å². The Morgan fingerprint density at radius 2 is 0.638 bits per heavy atom. The van der Waals surface area contributed by atoms with Crippen LogP contribution in [-0.2, 0) is 42.6 Å². The summed E-state index contributed by atoms with van der Waals surface area (Å²) in [6.45, 7) is -4.55. The largest absolute Gasteiger partial charge is 0.394 e. The summed E-state index contributed by atoms with van der Waals surface area (Å²) >= 11 is 0. The van der Waals surface area contributed by atoms with Gasteiger partial charge in [0, 0.05) is 4.91 Å². The molecular formula is C30H51N3O25. The maximum absolute atomic E-state index is 11.1. The number of rotatable bonds is 14. The minimum Gasteiger partial charge on any atom is -0.394 e. The average molecular weight is 854 g/mol. The van der Waals surface area contributed by atoms with Crippen LogP contribution < -0.4 is 0 Å². The zero-order chi connectivity index (χ0) is 42.7. The topological polar surface area (TPSA) is 456 Å². The number of aliphatic hydroxyl groups is 16. The first kappa shape index (κ1) is 47.4. The fourth-order valence-corrected chi connectivity index (χ4v) is 7.18. The first-order chi connectivity index (χ1) is 27.6. The predicted molar refractivity (Wildman–Crippen MR) is 173 cm³/mol. The molecule has 0 saturated carbocycles. The third-order valence-electron chi connectivity index (χ3n) is 10.5. The summed E-state index contributed by atoms with van der Waals surface area (Å²) in [6.07, 6.45) is -45.7. The summed E-state index contributed by atoms with van der Waals surface area (Å²) < 4.78 is 49.5. The summed E-state index contributed by atoms with van der Waals surface area (Å²) in [5, 5.41) is 170. The smallest absolute Gasteiger partial charge is 0.187 e. The predicted octanol–water partition coefficient (Wildman–Crippen LogP) is -10.6. The van der Waals surface area contributed by atoms with Gasteiger partial charge in [-0.05, 0) is 5.53 Å². The van der Waals surface area contributed by atoms with Crippen LogP contribution in [-0.4, -0.2) is 268 Å². The molecule has 5 saturated heterocycles. The molecule has 5 fully saturated rings. The number of ether oxygens (including phenoxy) is 9. The maximum atomic E-state index is 11.1. The Hall–Kier alpha value is -1.69. The minimum atomic E-state index is -2.13. The molecule has 0 amide bonds. The number of nitrogens with zero attached hydrogens (tertiary/aromatic N) is 3. The third kappa shape index (κ3) is 9.52. The molecule has 0 aliphatic carbocycles. The van der Waals surface area contributed by atoms with Crippen LogP contribution in [0.2, 0.25) is 0 Å². The van der Waals surface area contributed by atoms with Crippen molar-refractivity contribution in [2.75, 3.05) is 33.0 Å². The molecule has 28 heteroatoms. The molecule has 0 bridgehead atoms. The van der Waals surface area contributed by atoms with E-state index >= 15 is 0 Å². The number of azide groups is 1. The van der Waals surface area contributed by atoms with Crippen molar-refractivity contribution >= 4 is 0 Å². The van der Waals surface area contributed by atoms with E-state index in [0.717, 1.165) is 0 Å². The molecule has 0 radical (unpaired) electrons. The van der Waals surface area contributed by atoms with E-state index in [0.29, 0.717) is 0 Å². The van der Waals surface area contributed by atoms with Crippen molar-refractivity contribution in [1.82, 2.24) is 0 Å². The standard InChI is InChI=1S/C30H51N3O25/c31-33-32-26-17(45)13(41)22(7(2-35)50-26)55-28-19(47)15(43)24(9(4-37)52-28)57-30-21(49)16(44)25(10(5-38)54-30)58-29-20(48)14(42)23(8(3-36)53-29)56-27-18(46)12(40)11(39)6(1-34)51-27/h6-30,34-49H,1-5H2/t6-,7-,8-,9-,10-,11-,12+,13-,14-,15-,16-,17-,18-,19-,20-,21-,22-,23-,24-,25-,26-,27-,28-,29-,30-/m1/s1. The van der Waals surface area contributed by atoms with Crippen molar-refractivity contribution in [3.05, 3.63) is 10.4 Å². The van der Waals surface area contributed by atoms with Crippen LogP contribution in [0.3, 0.4) is 0 Å². The highest BCUT2D eigenvalue weighted by Gasteiger charge is 2.56. The van der Waals surface area contributed by atoms with Gasteiger partial charge >= 0.3 is 0 Å². The Kier molecular flexibility index (Phi) is 16.7. The summed E-state index contributed by atoms with van der Waals surface area (Å²) in [5.41, 5.74) is 8.69. The van der Waals surface area contributed by atoms with Gasteiger partial charge in [0.25, 0.3) is 0 Å². The van der Waals surface area contributed by atoms with Crippen LogP contribution in [0, 0.1) is 0 Å². The van der Waals surface area contributed by atoms with Gasteiger partial charge < -0.3 is 124 Å². The number of hydrogen-bond acceptors (Lipinski definition) is 26. The lowest BCUT2D eigenvalue weighted by atomic mass is 9.95. The van der Waals surface area contributed by atoms with Gasteiger partial charge in [-0.1, -0.05) is 5.11 Å². The number of aliphatic hydroxyl groups excluding tert-OH is 16. The molecule has 58 heavy (non-hydrogen) atoms. The SMILES string of the molecule is [N-]=[N+]=N[C@@H]1O[C@H](CO)[C@@H](O[C@H]2O[C@H](CO)[C@@H](O[C@H]3O[C@H](CO)[C@@H](O[C@H]4O[C@H](CO)[C@@H](O[C@H]5O[C@H](CO)[C@@H](O)[C@H](O)[C@H]5O)[C@H](O)[C@H]4O)[C@H](O)[C@H]3O)[C@H](O)[C@H]2O)[C@H](O)[C@H]1O. The summed E-state index contributed by atoms with van der Waals surface area (Å²) in [4.78, 5) is 2.48. The fourth-order valence-electron chi connectivity index (χ4n) is 7.18. The highest BCUT2D eigenvalue weighted by molar-refractivity contribution is 4.99. The van der Waals surface area contributed by atoms with Gasteiger partial charge in [0.15, 0.2) is 31.4 Å². The van der Waals surface area contributed by atoms with Crippen LogP contribution in [0.5, 0.6) is 0 Å². The van der Waals surface area contributed by atoms with E-state index in [1.54, 1.807) is 0 Å². The molecule has 5 rings (SSSR count). The molecular weight excluding hydrogens is 802 g/mol. The van der Waals surface area contributed by atoms with Crippen LogP contribution in [0.1, 0.15) is 0 Å². The second-order valence-corrected chi connectivity index (χ2v) is 14.2. The van der Waals surface area contributed by atoms with Crippen molar-refractivity contribution in [2.24, 2.45) is 5.11 Å². The lowest BCUT2D eigenvalue weighted by molar-refractivity contribution is -0.391. The van der Waals surface area contributed by atoms with Crippen molar-refractivity contribution in [3.63, 3.8) is 0 Å². The van der Waals surface area contributed by atoms with Crippen molar-refractivity contribution in [3.8, 4) is 0 Å². The van der Waals surface area contributed by atoms with Gasteiger partial charge in [0.2, 0.25) is 0 Å². The van der Waals surface area contributed by atoms with E-state index in [2.05, 4.69) is 10.0 Å². The average Bonchev–Trinajstić information content (AvgIpc) is 3.22. The number of hydrogen-bond donors (Lipinski definition) is 16. The quantitative estimate of drug-likeness (QED) is 0.0438. The lowest BCUT2D eigenvalue weighted by Gasteiger charge is -2.49. The van der Waals surface area contributed by atoms with Gasteiger partial charge in [0.1, 0.15) is 122 Å². The van der Waals surface area contributed by atoms with Crippen molar-refractivity contribution in [2.45, 2.75) is 153 Å². The molecule has 0 unspecified atom stereocenters. The first-order valence-electron chi connectivity index (χ1n) is 18.0. The Balaban J connectivity index is 1.22. The first-order valence-corrected chi connectivity index (χ1v) is 18.0. The van der Waals surface area contributed by atoms with Gasteiger partial charge in [-0.3, -0.25) is 0 Å². The zero-order valence-corrected chi connectivity index (χ0v) is 30.1. The normalized spacial score (nSPS) is 51.6. The molecule has 0 aromatic rings. The molecule has 336 valence electrons. The van der Waals surface area contributed by atoms with Gasteiger partial charge in [0.05, 0.1) is 33.0 Å². The molecule has 5 aliphatic heterocycles. The van der Waals surface area contributed by atoms with Crippen LogP contribution >= 0.6 is 0 Å². The van der Waals surface area contributed by atoms with Crippen LogP contribution in [0.4, 0.5) is 0 Å². The zero-order valence-electron chi connectivity index (χ0n) is 30.1. The summed E-state index contributed by atoms with van der Waals surface area (Å²) in [6, 6.07) is 0. The molecule has 0 aromatic carbocycles. The third-order valence-corrected chi connectivity index (χ3v) is 10.5. The van der Waals surface area contributed by atoms with Crippen LogP contribution in [0.25, 0.3) is 10.4 Å². The second-order valence-electron chi connectivity index (χ2n) is 14.2. The summed E-state index contributed by atoms with van der Waals surface area (Å²) in [5.74, 6) is 0. The highest BCUT2D eigenvalue weighted by Crippen LogP contribution is 2.35. The van der Waals surface area contributed by atoms with E-state index in [9.17, 15) is 81.7 Å². The van der Waals surface area contributed by atoms with E-state index in [1.807, 2.05) is 0 Å². The molecule has 0 aromatic heterocycles. The Labute approximate surface area is 326 Å². The lowest BCUT2D eigenvalue weighted by Crippen LogP contribution is -2.68.